The minimum absolute atomic E-state index is 0.0227. The molecule has 3 unspecified atom stereocenters. The van der Waals surface area contributed by atoms with Gasteiger partial charge in [-0.1, -0.05) is 55.0 Å². The third-order valence-electron chi connectivity index (χ3n) is 5.52. The zero-order chi connectivity index (χ0) is 23.5. The van der Waals surface area contributed by atoms with Gasteiger partial charge in [0.1, 0.15) is 0 Å². The van der Waals surface area contributed by atoms with Crippen LogP contribution in [0.15, 0.2) is 60.2 Å². The number of aliphatic hydroxyl groups excluding tert-OH is 1. The Morgan fingerprint density at radius 3 is 2.75 bits per heavy atom. The highest BCUT2D eigenvalue weighted by Crippen LogP contribution is 2.27. The predicted octanol–water partition coefficient (Wildman–Crippen LogP) is 6.02. The summed E-state index contributed by atoms with van der Waals surface area (Å²) in [5.74, 6) is -0.0452. The topological polar surface area (TPSA) is 63.6 Å². The Morgan fingerprint density at radius 1 is 1.25 bits per heavy atom. The lowest BCUT2D eigenvalue weighted by atomic mass is 9.91. The number of ether oxygens (including phenoxy) is 1. The van der Waals surface area contributed by atoms with Crippen molar-refractivity contribution in [3.8, 4) is 0 Å². The number of unbranched alkanes of at least 4 members (excludes halogenated alkanes) is 1. The number of benzene rings is 1. The molecule has 0 amide bonds. The van der Waals surface area contributed by atoms with E-state index in [1.165, 1.54) is 0 Å². The number of carbonyl (C=O) groups excluding carboxylic acids is 2. The number of esters is 1. The molecule has 0 bridgehead atoms. The SMILES string of the molecule is CC(C)OC(=O)CCC/C=C\CC1C=CC(=O)/C1=C/CC(O)C(C)Cc1cccc(Cl)c1. The molecule has 0 fully saturated rings. The van der Waals surface area contributed by atoms with Gasteiger partial charge >= 0.3 is 5.97 Å². The Morgan fingerprint density at radius 2 is 2.03 bits per heavy atom. The Hall–Kier alpha value is -2.17. The number of hydrogen-bond acceptors (Lipinski definition) is 4. The van der Waals surface area contributed by atoms with Crippen molar-refractivity contribution in [2.45, 2.75) is 71.5 Å². The second-order valence-electron chi connectivity index (χ2n) is 8.74. The van der Waals surface area contributed by atoms with E-state index in [4.69, 9.17) is 16.3 Å². The number of rotatable bonds is 12. The van der Waals surface area contributed by atoms with Crippen molar-refractivity contribution in [3.63, 3.8) is 0 Å². The van der Waals surface area contributed by atoms with Gasteiger partial charge in [0.2, 0.25) is 0 Å². The van der Waals surface area contributed by atoms with Gasteiger partial charge in [-0.05, 0) is 75.6 Å². The molecule has 0 radical (unpaired) electrons. The maximum absolute atomic E-state index is 12.3. The van der Waals surface area contributed by atoms with E-state index < -0.39 is 6.10 Å². The average Bonchev–Trinajstić information content (AvgIpc) is 3.07. The third-order valence-corrected chi connectivity index (χ3v) is 5.76. The zero-order valence-corrected chi connectivity index (χ0v) is 20.1. The summed E-state index contributed by atoms with van der Waals surface area (Å²) in [6, 6.07) is 7.68. The van der Waals surface area contributed by atoms with Gasteiger partial charge in [0.25, 0.3) is 0 Å². The lowest BCUT2D eigenvalue weighted by Gasteiger charge is -2.18. The quantitative estimate of drug-likeness (QED) is 0.180. The molecular formula is C27H35ClO4. The molecule has 1 aromatic rings. The molecule has 0 saturated heterocycles. The van der Waals surface area contributed by atoms with Crippen LogP contribution in [0.2, 0.25) is 5.02 Å². The number of hydrogen-bond donors (Lipinski definition) is 1. The summed E-state index contributed by atoms with van der Waals surface area (Å²) < 4.78 is 5.12. The molecule has 1 N–H and O–H groups in total. The van der Waals surface area contributed by atoms with Crippen LogP contribution >= 0.6 is 11.6 Å². The summed E-state index contributed by atoms with van der Waals surface area (Å²) in [4.78, 5) is 23.8. The molecule has 32 heavy (non-hydrogen) atoms. The van der Waals surface area contributed by atoms with E-state index in [9.17, 15) is 14.7 Å². The van der Waals surface area contributed by atoms with E-state index in [1.807, 2.05) is 57.2 Å². The minimum Gasteiger partial charge on any atom is -0.463 e. The predicted molar refractivity (Wildman–Crippen MR) is 129 cm³/mol. The van der Waals surface area contributed by atoms with Crippen LogP contribution in [0.3, 0.4) is 0 Å². The standard InChI is InChI=1S/C27H35ClO4/c1-19(2)32-27(31)12-7-5-4-6-10-22-13-15-26(30)24(22)14-16-25(29)20(3)17-21-9-8-11-23(28)18-21/h4,6,8-9,11,13-15,18-20,22,25,29H,5,7,10,12,16-17H2,1-3H3/b6-4-,24-14+. The van der Waals surface area contributed by atoms with Crippen molar-refractivity contribution < 1.29 is 19.4 Å². The first-order chi connectivity index (χ1) is 15.3. The lowest BCUT2D eigenvalue weighted by molar-refractivity contribution is -0.147. The summed E-state index contributed by atoms with van der Waals surface area (Å²) in [5, 5.41) is 11.3. The van der Waals surface area contributed by atoms with Crippen LogP contribution in [0.25, 0.3) is 0 Å². The van der Waals surface area contributed by atoms with E-state index in [0.29, 0.717) is 17.9 Å². The fraction of sp³-hybridized carbons (Fsp3) is 0.481. The van der Waals surface area contributed by atoms with Gasteiger partial charge in [-0.3, -0.25) is 9.59 Å². The maximum Gasteiger partial charge on any atom is 0.306 e. The molecule has 1 aromatic carbocycles. The Labute approximate surface area is 197 Å². The van der Waals surface area contributed by atoms with Crippen molar-refractivity contribution in [2.24, 2.45) is 11.8 Å². The van der Waals surface area contributed by atoms with Crippen LogP contribution in [-0.4, -0.2) is 29.1 Å². The van der Waals surface area contributed by atoms with E-state index in [-0.39, 0.29) is 29.7 Å². The van der Waals surface area contributed by atoms with Gasteiger partial charge in [-0.25, -0.2) is 0 Å². The molecule has 1 aliphatic rings. The number of allylic oxidation sites excluding steroid dienone is 5. The molecule has 5 heteroatoms. The van der Waals surface area contributed by atoms with Crippen LogP contribution in [0.4, 0.5) is 0 Å². The number of ketones is 1. The first kappa shape index (κ1) is 26.1. The lowest BCUT2D eigenvalue weighted by Crippen LogP contribution is -2.19. The second kappa shape index (κ2) is 13.4. The van der Waals surface area contributed by atoms with Crippen molar-refractivity contribution in [1.29, 1.82) is 0 Å². The normalized spacial score (nSPS) is 19.2. The van der Waals surface area contributed by atoms with E-state index >= 15 is 0 Å². The van der Waals surface area contributed by atoms with Gasteiger partial charge in [0.15, 0.2) is 5.78 Å². The first-order valence-corrected chi connectivity index (χ1v) is 11.8. The van der Waals surface area contributed by atoms with Gasteiger partial charge in [0.05, 0.1) is 12.2 Å². The smallest absolute Gasteiger partial charge is 0.306 e. The molecule has 3 atom stereocenters. The highest BCUT2D eigenvalue weighted by Gasteiger charge is 2.23. The van der Waals surface area contributed by atoms with Gasteiger partial charge < -0.3 is 9.84 Å². The fourth-order valence-corrected chi connectivity index (χ4v) is 3.96. The molecule has 0 spiro atoms. The monoisotopic (exact) mass is 458 g/mol. The Bertz CT molecular complexity index is 853. The summed E-state index contributed by atoms with van der Waals surface area (Å²) >= 11 is 6.05. The van der Waals surface area contributed by atoms with Gasteiger partial charge in [0, 0.05) is 22.9 Å². The summed E-state index contributed by atoms with van der Waals surface area (Å²) in [6.45, 7) is 5.70. The molecule has 174 valence electrons. The summed E-state index contributed by atoms with van der Waals surface area (Å²) in [6.07, 6.45) is 12.8. The fourth-order valence-electron chi connectivity index (χ4n) is 3.74. The first-order valence-electron chi connectivity index (χ1n) is 11.5. The van der Waals surface area contributed by atoms with Crippen LogP contribution in [-0.2, 0) is 20.7 Å². The zero-order valence-electron chi connectivity index (χ0n) is 19.3. The van der Waals surface area contributed by atoms with Crippen LogP contribution in [0.1, 0.15) is 58.4 Å². The molecule has 0 heterocycles. The highest BCUT2D eigenvalue weighted by molar-refractivity contribution is 6.30. The largest absolute Gasteiger partial charge is 0.463 e. The van der Waals surface area contributed by atoms with Crippen LogP contribution in [0, 0.1) is 11.8 Å². The van der Waals surface area contributed by atoms with Crippen LogP contribution in [0.5, 0.6) is 0 Å². The van der Waals surface area contributed by atoms with Crippen LogP contribution < -0.4 is 0 Å². The molecule has 2 rings (SSSR count). The van der Waals surface area contributed by atoms with E-state index in [1.54, 1.807) is 6.08 Å². The molecule has 1 aliphatic carbocycles. The average molecular weight is 459 g/mol. The van der Waals surface area contributed by atoms with Crippen molar-refractivity contribution in [2.75, 3.05) is 0 Å². The second-order valence-corrected chi connectivity index (χ2v) is 9.18. The highest BCUT2D eigenvalue weighted by atomic mass is 35.5. The maximum atomic E-state index is 12.3. The number of carbonyl (C=O) groups is 2. The number of aliphatic hydroxyl groups is 1. The summed E-state index contributed by atoms with van der Waals surface area (Å²) in [7, 11) is 0. The van der Waals surface area contributed by atoms with Gasteiger partial charge in [-0.15, -0.1) is 0 Å². The van der Waals surface area contributed by atoms with E-state index in [2.05, 4.69) is 12.2 Å². The van der Waals surface area contributed by atoms with Gasteiger partial charge in [-0.2, -0.15) is 0 Å². The van der Waals surface area contributed by atoms with E-state index in [0.717, 1.165) is 36.8 Å². The molecule has 0 saturated carbocycles. The molecular weight excluding hydrogens is 424 g/mol. The molecule has 4 nitrogen and oxygen atoms in total. The Kier molecular flexibility index (Phi) is 10.9. The number of halogens is 1. The molecule has 0 aromatic heterocycles. The van der Waals surface area contributed by atoms with Crippen molar-refractivity contribution >= 4 is 23.4 Å². The minimum atomic E-state index is -0.531. The third kappa shape index (κ3) is 9.13. The van der Waals surface area contributed by atoms with Crippen molar-refractivity contribution in [1.82, 2.24) is 0 Å². The molecule has 0 aliphatic heterocycles. The summed E-state index contributed by atoms with van der Waals surface area (Å²) in [5.41, 5.74) is 1.85. The van der Waals surface area contributed by atoms with Crippen molar-refractivity contribution in [3.05, 3.63) is 70.8 Å². The Balaban J connectivity index is 1.79.